The second-order valence-corrected chi connectivity index (χ2v) is 6.86. The first-order chi connectivity index (χ1) is 14.7. The van der Waals surface area contributed by atoms with Gasteiger partial charge in [-0.25, -0.2) is 9.38 Å². The Morgan fingerprint density at radius 2 is 1.90 bits per heavy atom. The van der Waals surface area contributed by atoms with Gasteiger partial charge < -0.3 is 25.1 Å². The van der Waals surface area contributed by atoms with E-state index in [0.29, 0.717) is 19.8 Å². The molecule has 0 spiro atoms. The van der Waals surface area contributed by atoms with E-state index in [2.05, 4.69) is 20.6 Å². The van der Waals surface area contributed by atoms with Crippen LogP contribution in [0.3, 0.4) is 0 Å². The number of ether oxygens (including phenoxy) is 2. The molecule has 6 nitrogen and oxygen atoms in total. The summed E-state index contributed by atoms with van der Waals surface area (Å²) in [6.45, 7) is 5.22. The summed E-state index contributed by atoms with van der Waals surface area (Å²) in [5.41, 5.74) is 3.07. The Labute approximate surface area is 199 Å². The number of H-pyrrole nitrogens is 1. The molecule has 3 rings (SSSR count). The molecule has 2 aromatic carbocycles. The molecule has 168 valence electrons. The van der Waals surface area contributed by atoms with E-state index in [-0.39, 0.29) is 29.8 Å². The predicted octanol–water partition coefficient (Wildman–Crippen LogP) is 4.25. The van der Waals surface area contributed by atoms with Crippen molar-refractivity contribution >= 4 is 40.8 Å². The minimum Gasteiger partial charge on any atom is -0.491 e. The highest BCUT2D eigenvalue weighted by atomic mass is 127. The number of nitrogens with zero attached hydrogens (tertiary/aromatic N) is 1. The molecule has 3 N–H and O–H groups in total. The van der Waals surface area contributed by atoms with Gasteiger partial charge in [0.05, 0.1) is 13.2 Å². The summed E-state index contributed by atoms with van der Waals surface area (Å²) in [5.74, 6) is 1.36. The highest BCUT2D eigenvalue weighted by molar-refractivity contribution is 14.0. The molecule has 0 aliphatic heterocycles. The number of hydrogen-bond acceptors (Lipinski definition) is 3. The zero-order valence-electron chi connectivity index (χ0n) is 17.9. The second kappa shape index (κ2) is 13.2. The number of benzene rings is 2. The van der Waals surface area contributed by atoms with Crippen LogP contribution < -0.4 is 15.4 Å². The van der Waals surface area contributed by atoms with Crippen LogP contribution in [-0.2, 0) is 17.7 Å². The summed E-state index contributed by atoms with van der Waals surface area (Å²) in [4.78, 5) is 7.79. The van der Waals surface area contributed by atoms with Gasteiger partial charge in [-0.05, 0) is 54.8 Å². The first-order valence-electron chi connectivity index (χ1n) is 10.2. The topological polar surface area (TPSA) is 70.7 Å². The molecular weight excluding hydrogens is 510 g/mol. The number of fused-ring (bicyclic) bond motifs is 1. The molecule has 0 fully saturated rings. The first-order valence-corrected chi connectivity index (χ1v) is 10.2. The number of methoxy groups -OCH3 is 1. The van der Waals surface area contributed by atoms with Crippen LogP contribution >= 0.6 is 24.0 Å². The summed E-state index contributed by atoms with van der Waals surface area (Å²) in [7, 11) is 1.65. The van der Waals surface area contributed by atoms with E-state index >= 15 is 0 Å². The van der Waals surface area contributed by atoms with Crippen molar-refractivity contribution in [1.82, 2.24) is 15.6 Å². The summed E-state index contributed by atoms with van der Waals surface area (Å²) in [6.07, 6.45) is 2.75. The lowest BCUT2D eigenvalue weighted by Gasteiger charge is -2.11. The second-order valence-electron chi connectivity index (χ2n) is 6.86. The number of guanidine groups is 1. The minimum absolute atomic E-state index is 0. The molecule has 1 heterocycles. The van der Waals surface area contributed by atoms with E-state index in [9.17, 15) is 4.39 Å². The Bertz CT molecular complexity index is 960. The number of aromatic amines is 1. The predicted molar refractivity (Wildman–Crippen MR) is 134 cm³/mol. The molecule has 8 heteroatoms. The lowest BCUT2D eigenvalue weighted by atomic mass is 10.1. The summed E-state index contributed by atoms with van der Waals surface area (Å²) >= 11 is 0. The molecule has 0 aliphatic carbocycles. The fraction of sp³-hybridized carbons (Fsp3) is 0.348. The van der Waals surface area contributed by atoms with Crippen LogP contribution in [0, 0.1) is 5.82 Å². The molecule has 0 radical (unpaired) electrons. The van der Waals surface area contributed by atoms with Gasteiger partial charge in [0, 0.05) is 37.3 Å². The van der Waals surface area contributed by atoms with Gasteiger partial charge in [0.2, 0.25) is 0 Å². The molecule has 3 aromatic rings. The van der Waals surface area contributed by atoms with Crippen LogP contribution in [0.4, 0.5) is 4.39 Å². The molecule has 0 amide bonds. The molecule has 0 unspecified atom stereocenters. The van der Waals surface area contributed by atoms with Crippen LogP contribution in [0.15, 0.2) is 53.7 Å². The van der Waals surface area contributed by atoms with Gasteiger partial charge >= 0.3 is 0 Å². The third kappa shape index (κ3) is 7.70. The average molecular weight is 540 g/mol. The fourth-order valence-electron chi connectivity index (χ4n) is 3.13. The van der Waals surface area contributed by atoms with Crippen molar-refractivity contribution in [1.29, 1.82) is 0 Å². The monoisotopic (exact) mass is 540 g/mol. The van der Waals surface area contributed by atoms with Gasteiger partial charge in [-0.3, -0.25) is 0 Å². The van der Waals surface area contributed by atoms with Crippen molar-refractivity contribution in [2.45, 2.75) is 19.9 Å². The van der Waals surface area contributed by atoms with Gasteiger partial charge in [-0.15, -0.1) is 24.0 Å². The third-order valence-electron chi connectivity index (χ3n) is 4.66. The maximum atomic E-state index is 13.3. The summed E-state index contributed by atoms with van der Waals surface area (Å²) in [5, 5.41) is 7.68. The molecule has 0 atom stereocenters. The number of rotatable bonds is 10. The third-order valence-corrected chi connectivity index (χ3v) is 4.66. The van der Waals surface area contributed by atoms with Crippen molar-refractivity contribution in [3.63, 3.8) is 0 Å². The average Bonchev–Trinajstić information content (AvgIpc) is 3.15. The highest BCUT2D eigenvalue weighted by Crippen LogP contribution is 2.19. The van der Waals surface area contributed by atoms with Crippen molar-refractivity contribution in [3.8, 4) is 5.75 Å². The summed E-state index contributed by atoms with van der Waals surface area (Å²) in [6, 6.07) is 12.7. The zero-order chi connectivity index (χ0) is 21.2. The molecule has 0 bridgehead atoms. The molecule has 0 saturated carbocycles. The standard InChI is InChI=1S/C23H29FN4O2.HI/c1-3-25-23(28-15-17-4-7-20(8-5-17)30-13-12-29-2)26-11-10-18-16-27-22-14-19(24)6-9-21(18)22;/h4-9,14,16,27H,3,10-13,15H2,1-2H3,(H2,25,26,28);1H. The van der Waals surface area contributed by atoms with Gasteiger partial charge in [-0.1, -0.05) is 12.1 Å². The molecule has 0 aliphatic rings. The highest BCUT2D eigenvalue weighted by Gasteiger charge is 2.05. The number of hydrogen-bond donors (Lipinski definition) is 3. The largest absolute Gasteiger partial charge is 0.491 e. The van der Waals surface area contributed by atoms with Gasteiger partial charge in [0.25, 0.3) is 0 Å². The number of halogens is 2. The number of nitrogens with one attached hydrogen (secondary N) is 3. The summed E-state index contributed by atoms with van der Waals surface area (Å²) < 4.78 is 23.9. The molecule has 1 aromatic heterocycles. The Morgan fingerprint density at radius 1 is 1.10 bits per heavy atom. The van der Waals surface area contributed by atoms with E-state index in [4.69, 9.17) is 9.47 Å². The van der Waals surface area contributed by atoms with Gasteiger partial charge in [0.1, 0.15) is 18.2 Å². The van der Waals surface area contributed by atoms with Gasteiger partial charge in [-0.2, -0.15) is 0 Å². The van der Waals surface area contributed by atoms with Crippen molar-refractivity contribution in [2.24, 2.45) is 4.99 Å². The quantitative estimate of drug-likeness (QED) is 0.156. The van der Waals surface area contributed by atoms with Crippen LogP contribution in [0.25, 0.3) is 10.9 Å². The first kappa shape index (κ1) is 24.9. The maximum absolute atomic E-state index is 13.3. The lowest BCUT2D eigenvalue weighted by Crippen LogP contribution is -2.38. The van der Waals surface area contributed by atoms with E-state index < -0.39 is 0 Å². The fourth-order valence-corrected chi connectivity index (χ4v) is 3.13. The van der Waals surface area contributed by atoms with Crippen molar-refractivity contribution in [3.05, 3.63) is 65.6 Å². The number of aromatic nitrogens is 1. The maximum Gasteiger partial charge on any atom is 0.191 e. The Morgan fingerprint density at radius 3 is 2.65 bits per heavy atom. The van der Waals surface area contributed by atoms with E-state index in [1.165, 1.54) is 12.1 Å². The SMILES string of the molecule is CCNC(=NCc1ccc(OCCOC)cc1)NCCc1c[nH]c2cc(F)ccc12.I. The van der Waals surface area contributed by atoms with Crippen molar-refractivity contribution in [2.75, 3.05) is 33.4 Å². The van der Waals surface area contributed by atoms with Crippen LogP contribution in [0.1, 0.15) is 18.1 Å². The zero-order valence-corrected chi connectivity index (χ0v) is 20.2. The smallest absolute Gasteiger partial charge is 0.191 e. The van der Waals surface area contributed by atoms with Crippen LogP contribution in [-0.4, -0.2) is 44.4 Å². The Balaban J connectivity index is 0.00000341. The Hall–Kier alpha value is -2.33. The molecular formula is C23H30FIN4O2. The van der Waals surface area contributed by atoms with Crippen LogP contribution in [0.2, 0.25) is 0 Å². The minimum atomic E-state index is -0.231. The van der Waals surface area contributed by atoms with Crippen molar-refractivity contribution < 1.29 is 13.9 Å². The van der Waals surface area contributed by atoms with E-state index in [0.717, 1.165) is 53.2 Å². The molecule has 0 saturated heterocycles. The van der Waals surface area contributed by atoms with Crippen LogP contribution in [0.5, 0.6) is 5.75 Å². The van der Waals surface area contributed by atoms with Gasteiger partial charge in [0.15, 0.2) is 5.96 Å². The number of aliphatic imine (C=N–C) groups is 1. The lowest BCUT2D eigenvalue weighted by molar-refractivity contribution is 0.146. The normalized spacial score (nSPS) is 11.3. The van der Waals surface area contributed by atoms with E-state index in [1.54, 1.807) is 7.11 Å². The molecule has 31 heavy (non-hydrogen) atoms. The Kier molecular flexibility index (Phi) is 10.6. The van der Waals surface area contributed by atoms with E-state index in [1.807, 2.05) is 43.5 Å².